The molecule has 0 unspecified atom stereocenters. The predicted molar refractivity (Wildman–Crippen MR) is 99.2 cm³/mol. The van der Waals surface area contributed by atoms with E-state index >= 15 is 0 Å². The number of aromatic nitrogens is 1. The summed E-state index contributed by atoms with van der Waals surface area (Å²) in [6.07, 6.45) is 11.9. The first-order valence-corrected chi connectivity index (χ1v) is 9.65. The second-order valence-electron chi connectivity index (χ2n) is 6.47. The van der Waals surface area contributed by atoms with Gasteiger partial charge in [-0.25, -0.2) is 0 Å². The van der Waals surface area contributed by atoms with Gasteiger partial charge in [0.2, 0.25) is 11.8 Å². The van der Waals surface area contributed by atoms with E-state index in [2.05, 4.69) is 24.3 Å². The fraction of sp³-hybridized carbons (Fsp3) is 0.737. The number of amides is 2. The van der Waals surface area contributed by atoms with Gasteiger partial charge in [-0.1, -0.05) is 63.9 Å². The van der Waals surface area contributed by atoms with E-state index in [4.69, 9.17) is 4.52 Å². The molecule has 0 aliphatic rings. The van der Waals surface area contributed by atoms with E-state index < -0.39 is 0 Å². The first kappa shape index (κ1) is 21.2. The largest absolute Gasteiger partial charge is 0.363 e. The van der Waals surface area contributed by atoms with Gasteiger partial charge < -0.3 is 14.7 Å². The van der Waals surface area contributed by atoms with Gasteiger partial charge in [0.05, 0.1) is 6.54 Å². The zero-order valence-electron chi connectivity index (χ0n) is 15.8. The van der Waals surface area contributed by atoms with Crippen molar-refractivity contribution in [3.05, 3.63) is 12.3 Å². The zero-order chi connectivity index (χ0) is 18.3. The van der Waals surface area contributed by atoms with Gasteiger partial charge in [-0.3, -0.25) is 9.59 Å². The Labute approximate surface area is 151 Å². The van der Waals surface area contributed by atoms with E-state index in [0.717, 1.165) is 32.1 Å². The van der Waals surface area contributed by atoms with Gasteiger partial charge in [0.1, 0.15) is 6.26 Å². The van der Waals surface area contributed by atoms with E-state index in [0.29, 0.717) is 18.8 Å². The number of anilines is 1. The molecule has 0 saturated carbocycles. The quantitative estimate of drug-likeness (QED) is 0.505. The molecule has 1 aromatic rings. The molecule has 0 bridgehead atoms. The van der Waals surface area contributed by atoms with Crippen LogP contribution >= 0.6 is 0 Å². The van der Waals surface area contributed by atoms with Crippen molar-refractivity contribution in [1.82, 2.24) is 10.1 Å². The van der Waals surface area contributed by atoms with Crippen LogP contribution in [0.5, 0.6) is 0 Å². The Morgan fingerprint density at radius 1 is 1.04 bits per heavy atom. The third-order valence-electron chi connectivity index (χ3n) is 4.17. The van der Waals surface area contributed by atoms with Crippen molar-refractivity contribution in [2.45, 2.75) is 78.1 Å². The smallest absolute Gasteiger partial charge is 0.245 e. The van der Waals surface area contributed by atoms with Crippen LogP contribution in [0.25, 0.3) is 0 Å². The summed E-state index contributed by atoms with van der Waals surface area (Å²) in [5.74, 6) is 0.213. The van der Waals surface area contributed by atoms with E-state index in [-0.39, 0.29) is 18.4 Å². The summed E-state index contributed by atoms with van der Waals surface area (Å²) in [6.45, 7) is 5.03. The Balaban J connectivity index is 2.38. The van der Waals surface area contributed by atoms with Crippen LogP contribution in [0.15, 0.2) is 16.9 Å². The molecular weight excluding hydrogens is 318 g/mol. The van der Waals surface area contributed by atoms with Crippen LogP contribution < -0.4 is 5.32 Å². The average molecular weight is 351 g/mol. The summed E-state index contributed by atoms with van der Waals surface area (Å²) in [7, 11) is 0. The number of carbonyl (C=O) groups is 2. The highest BCUT2D eigenvalue weighted by atomic mass is 16.5. The van der Waals surface area contributed by atoms with Gasteiger partial charge >= 0.3 is 0 Å². The van der Waals surface area contributed by atoms with E-state index in [1.165, 1.54) is 31.9 Å². The van der Waals surface area contributed by atoms with E-state index in [1.807, 2.05) is 0 Å². The lowest BCUT2D eigenvalue weighted by atomic mass is 10.1. The molecule has 1 aromatic heterocycles. The summed E-state index contributed by atoms with van der Waals surface area (Å²) in [4.78, 5) is 26.3. The lowest BCUT2D eigenvalue weighted by molar-refractivity contribution is -0.134. The molecule has 25 heavy (non-hydrogen) atoms. The number of nitrogens with zero attached hydrogens (tertiary/aromatic N) is 2. The third-order valence-corrected chi connectivity index (χ3v) is 4.17. The monoisotopic (exact) mass is 351 g/mol. The van der Waals surface area contributed by atoms with Crippen LogP contribution in [-0.4, -0.2) is 35.0 Å². The van der Waals surface area contributed by atoms with Crippen LogP contribution in [0.3, 0.4) is 0 Å². The highest BCUT2D eigenvalue weighted by Gasteiger charge is 2.17. The Kier molecular flexibility index (Phi) is 11.4. The first-order valence-electron chi connectivity index (χ1n) is 9.65. The van der Waals surface area contributed by atoms with Gasteiger partial charge in [0.15, 0.2) is 5.82 Å². The van der Waals surface area contributed by atoms with Crippen molar-refractivity contribution >= 4 is 17.6 Å². The fourth-order valence-electron chi connectivity index (χ4n) is 2.69. The third kappa shape index (κ3) is 9.89. The van der Waals surface area contributed by atoms with Crippen molar-refractivity contribution in [3.8, 4) is 0 Å². The zero-order valence-corrected chi connectivity index (χ0v) is 15.8. The summed E-state index contributed by atoms with van der Waals surface area (Å²) < 4.78 is 4.70. The van der Waals surface area contributed by atoms with Crippen molar-refractivity contribution in [2.24, 2.45) is 0 Å². The number of rotatable bonds is 14. The van der Waals surface area contributed by atoms with Gasteiger partial charge in [-0.05, 0) is 12.8 Å². The number of nitrogens with one attached hydrogen (secondary N) is 1. The van der Waals surface area contributed by atoms with Crippen LogP contribution in [0.1, 0.15) is 78.1 Å². The van der Waals surface area contributed by atoms with E-state index in [9.17, 15) is 9.59 Å². The maximum absolute atomic E-state index is 12.5. The SMILES string of the molecule is CCCCCCCCC(=O)N(CCCCC)CC(=O)Nc1ccon1. The van der Waals surface area contributed by atoms with Crippen molar-refractivity contribution in [2.75, 3.05) is 18.4 Å². The molecule has 1 N–H and O–H groups in total. The standard InChI is InChI=1S/C19H33N3O3/c1-3-5-7-8-9-10-12-19(24)22(14-11-6-4-2)16-18(23)20-17-13-15-25-21-17/h13,15H,3-12,14,16H2,1-2H3,(H,20,21,23). The molecule has 6 nitrogen and oxygen atoms in total. The molecule has 1 rings (SSSR count). The second kappa shape index (κ2) is 13.4. The van der Waals surface area contributed by atoms with Crippen LogP contribution in [0.2, 0.25) is 0 Å². The average Bonchev–Trinajstić information content (AvgIpc) is 3.10. The Bertz CT molecular complexity index is 474. The summed E-state index contributed by atoms with van der Waals surface area (Å²) in [6, 6.07) is 1.58. The molecule has 142 valence electrons. The molecule has 0 fully saturated rings. The predicted octanol–water partition coefficient (Wildman–Crippen LogP) is 4.38. The van der Waals surface area contributed by atoms with Gasteiger partial charge in [-0.2, -0.15) is 0 Å². The topological polar surface area (TPSA) is 75.4 Å². The highest BCUT2D eigenvalue weighted by molar-refractivity contribution is 5.93. The molecule has 6 heteroatoms. The molecule has 0 saturated heterocycles. The molecule has 2 amide bonds. The number of carbonyl (C=O) groups excluding carboxylic acids is 2. The normalized spacial score (nSPS) is 10.6. The number of hydrogen-bond acceptors (Lipinski definition) is 4. The number of hydrogen-bond donors (Lipinski definition) is 1. The lowest BCUT2D eigenvalue weighted by Gasteiger charge is -2.22. The minimum atomic E-state index is -0.235. The van der Waals surface area contributed by atoms with E-state index in [1.54, 1.807) is 11.0 Å². The van der Waals surface area contributed by atoms with Crippen LogP contribution in [-0.2, 0) is 9.59 Å². The lowest BCUT2D eigenvalue weighted by Crippen LogP contribution is -2.38. The highest BCUT2D eigenvalue weighted by Crippen LogP contribution is 2.10. The maximum atomic E-state index is 12.5. The Morgan fingerprint density at radius 3 is 2.40 bits per heavy atom. The van der Waals surface area contributed by atoms with Crippen molar-refractivity contribution < 1.29 is 14.1 Å². The second-order valence-corrected chi connectivity index (χ2v) is 6.47. The molecule has 0 atom stereocenters. The molecule has 0 spiro atoms. The van der Waals surface area contributed by atoms with Gasteiger partial charge in [0, 0.05) is 19.0 Å². The molecule has 0 aliphatic heterocycles. The summed E-state index contributed by atoms with van der Waals surface area (Å²) in [5, 5.41) is 6.31. The number of unbranched alkanes of at least 4 members (excludes halogenated alkanes) is 7. The van der Waals surface area contributed by atoms with Crippen molar-refractivity contribution in [3.63, 3.8) is 0 Å². The molecule has 0 aromatic carbocycles. The maximum Gasteiger partial charge on any atom is 0.245 e. The minimum absolute atomic E-state index is 0.0712. The molecular formula is C19H33N3O3. The molecule has 0 aliphatic carbocycles. The Hall–Kier alpha value is -1.85. The Morgan fingerprint density at radius 2 is 1.72 bits per heavy atom. The first-order chi connectivity index (χ1) is 12.2. The van der Waals surface area contributed by atoms with Crippen LogP contribution in [0.4, 0.5) is 5.82 Å². The van der Waals surface area contributed by atoms with Gasteiger partial charge in [0.25, 0.3) is 0 Å². The van der Waals surface area contributed by atoms with Crippen LogP contribution in [0, 0.1) is 0 Å². The minimum Gasteiger partial charge on any atom is -0.363 e. The molecule has 0 radical (unpaired) electrons. The summed E-state index contributed by atoms with van der Waals surface area (Å²) in [5.41, 5.74) is 0. The van der Waals surface area contributed by atoms with Gasteiger partial charge in [-0.15, -0.1) is 0 Å². The summed E-state index contributed by atoms with van der Waals surface area (Å²) >= 11 is 0. The fourth-order valence-corrected chi connectivity index (χ4v) is 2.69. The van der Waals surface area contributed by atoms with Crippen molar-refractivity contribution in [1.29, 1.82) is 0 Å². The molecule has 1 heterocycles.